The Hall–Kier alpha value is -2.66. The third-order valence-corrected chi connectivity index (χ3v) is 7.98. The van der Waals surface area contributed by atoms with Crippen LogP contribution in [-0.4, -0.2) is 47.3 Å². The molecule has 3 aliphatic heterocycles. The summed E-state index contributed by atoms with van der Waals surface area (Å²) in [6.07, 6.45) is 3.89. The molecule has 0 aliphatic carbocycles. The first-order valence-electron chi connectivity index (χ1n) is 13.0. The molecule has 1 N–H and O–H groups in total. The third-order valence-electron chi connectivity index (χ3n) is 7.98. The highest BCUT2D eigenvalue weighted by atomic mass is 16.2. The molecule has 5 nitrogen and oxygen atoms in total. The van der Waals surface area contributed by atoms with Crippen LogP contribution in [0.5, 0.6) is 0 Å². The summed E-state index contributed by atoms with van der Waals surface area (Å²) in [6.45, 7) is 8.91. The molecule has 2 amide bonds. The molecule has 2 aromatic carbocycles. The maximum atomic E-state index is 13.8. The number of carbonyl (C=O) groups is 2. The molecule has 3 heterocycles. The van der Waals surface area contributed by atoms with Gasteiger partial charge in [-0.15, -0.1) is 0 Å². The predicted octanol–water partition coefficient (Wildman–Crippen LogP) is 4.74. The number of fused-ring (bicyclic) bond motifs is 4. The monoisotopic (exact) mass is 459 g/mol. The molecular formula is C29H37N3O2. The van der Waals surface area contributed by atoms with Crippen molar-refractivity contribution < 1.29 is 9.59 Å². The molecule has 2 fully saturated rings. The fourth-order valence-electron chi connectivity index (χ4n) is 6.20. The van der Waals surface area contributed by atoms with E-state index in [9.17, 15) is 9.59 Å². The lowest BCUT2D eigenvalue weighted by Crippen LogP contribution is -2.57. The maximum Gasteiger partial charge on any atom is 0.254 e. The van der Waals surface area contributed by atoms with E-state index in [1.165, 1.54) is 11.1 Å². The normalized spacial score (nSPS) is 24.8. The van der Waals surface area contributed by atoms with Crippen LogP contribution < -0.4 is 5.32 Å². The van der Waals surface area contributed by atoms with Gasteiger partial charge in [-0.25, -0.2) is 0 Å². The summed E-state index contributed by atoms with van der Waals surface area (Å²) in [5.41, 5.74) is 4.37. The van der Waals surface area contributed by atoms with Gasteiger partial charge in [0.1, 0.15) is 0 Å². The van der Waals surface area contributed by atoms with E-state index < -0.39 is 0 Å². The quantitative estimate of drug-likeness (QED) is 0.702. The smallest absolute Gasteiger partial charge is 0.254 e. The Kier molecular flexibility index (Phi) is 6.48. The number of rotatable bonds is 5. The van der Waals surface area contributed by atoms with Crippen molar-refractivity contribution in [3.63, 3.8) is 0 Å². The van der Waals surface area contributed by atoms with Crippen molar-refractivity contribution in [2.45, 2.75) is 64.6 Å². The highest BCUT2D eigenvalue weighted by molar-refractivity contribution is 5.95. The van der Waals surface area contributed by atoms with Gasteiger partial charge in [-0.1, -0.05) is 50.2 Å². The summed E-state index contributed by atoms with van der Waals surface area (Å²) < 4.78 is 0. The molecule has 5 heteroatoms. The molecule has 4 atom stereocenters. The Morgan fingerprint density at radius 1 is 1.15 bits per heavy atom. The number of benzene rings is 2. The zero-order chi connectivity index (χ0) is 23.8. The van der Waals surface area contributed by atoms with Crippen LogP contribution in [0.25, 0.3) is 0 Å². The van der Waals surface area contributed by atoms with Gasteiger partial charge in [0.15, 0.2) is 0 Å². The second kappa shape index (κ2) is 9.53. The summed E-state index contributed by atoms with van der Waals surface area (Å²) >= 11 is 0. The zero-order valence-electron chi connectivity index (χ0n) is 20.7. The lowest BCUT2D eigenvalue weighted by molar-refractivity contribution is -0.145. The summed E-state index contributed by atoms with van der Waals surface area (Å²) in [7, 11) is 0. The zero-order valence-corrected chi connectivity index (χ0v) is 20.7. The lowest BCUT2D eigenvalue weighted by Gasteiger charge is -2.48. The van der Waals surface area contributed by atoms with E-state index in [2.05, 4.69) is 55.3 Å². The van der Waals surface area contributed by atoms with Crippen LogP contribution in [0.3, 0.4) is 0 Å². The number of hydrogen-bond acceptors (Lipinski definition) is 3. The molecule has 34 heavy (non-hydrogen) atoms. The molecule has 0 spiro atoms. The van der Waals surface area contributed by atoms with Gasteiger partial charge in [-0.3, -0.25) is 9.59 Å². The van der Waals surface area contributed by atoms with Crippen LogP contribution in [-0.2, 0) is 11.2 Å². The summed E-state index contributed by atoms with van der Waals surface area (Å²) in [4.78, 5) is 31.1. The largest absolute Gasteiger partial charge is 0.335 e. The van der Waals surface area contributed by atoms with Gasteiger partial charge in [-0.2, -0.15) is 0 Å². The van der Waals surface area contributed by atoms with E-state index in [0.29, 0.717) is 18.4 Å². The van der Waals surface area contributed by atoms with Gasteiger partial charge >= 0.3 is 0 Å². The number of hydrogen-bond donors (Lipinski definition) is 1. The number of amides is 2. The Labute approximate surface area is 203 Å². The Balaban J connectivity index is 1.41. The van der Waals surface area contributed by atoms with Gasteiger partial charge in [-0.05, 0) is 73.9 Å². The van der Waals surface area contributed by atoms with Crippen molar-refractivity contribution >= 4 is 11.8 Å². The Bertz CT molecular complexity index is 1050. The van der Waals surface area contributed by atoms with Gasteiger partial charge in [0.2, 0.25) is 5.91 Å². The van der Waals surface area contributed by atoms with E-state index in [0.717, 1.165) is 49.9 Å². The highest BCUT2D eigenvalue weighted by Gasteiger charge is 2.45. The molecule has 0 radical (unpaired) electrons. The molecule has 180 valence electrons. The van der Waals surface area contributed by atoms with Crippen LogP contribution in [0.15, 0.2) is 48.5 Å². The van der Waals surface area contributed by atoms with Crippen LogP contribution in [0.1, 0.15) is 79.2 Å². The molecular weight excluding hydrogens is 422 g/mol. The number of nitrogens with one attached hydrogen (secondary N) is 1. The van der Waals surface area contributed by atoms with Gasteiger partial charge in [0.05, 0.1) is 18.0 Å². The van der Waals surface area contributed by atoms with Crippen LogP contribution in [0.4, 0.5) is 0 Å². The molecule has 0 bridgehead atoms. The summed E-state index contributed by atoms with van der Waals surface area (Å²) in [5.74, 6) is 0.921. The minimum atomic E-state index is 0.00731. The molecule has 3 aliphatic rings. The van der Waals surface area contributed by atoms with E-state index >= 15 is 0 Å². The predicted molar refractivity (Wildman–Crippen MR) is 134 cm³/mol. The minimum Gasteiger partial charge on any atom is -0.335 e. The first-order chi connectivity index (χ1) is 16.4. The molecule has 0 unspecified atom stereocenters. The van der Waals surface area contributed by atoms with Crippen LogP contribution in [0, 0.1) is 11.8 Å². The Morgan fingerprint density at radius 3 is 2.71 bits per heavy atom. The van der Waals surface area contributed by atoms with Gasteiger partial charge in [0, 0.05) is 24.7 Å². The first kappa shape index (κ1) is 23.1. The Morgan fingerprint density at radius 2 is 1.94 bits per heavy atom. The number of piperidine rings is 2. The average Bonchev–Trinajstić information content (AvgIpc) is 2.86. The van der Waals surface area contributed by atoms with Crippen molar-refractivity contribution in [2.24, 2.45) is 11.8 Å². The molecule has 0 aromatic heterocycles. The molecule has 5 rings (SSSR count). The van der Waals surface area contributed by atoms with E-state index in [1.54, 1.807) is 0 Å². The SMILES string of the molecule is CC(C)CN(C(=O)c1ccc2c(c1)CCN1C(=O)[C@H]3CCCN[C@H]3C[C@@H]21)[C@H](C)c1ccccc1. The maximum absolute atomic E-state index is 13.8. The topological polar surface area (TPSA) is 52.7 Å². The second-order valence-electron chi connectivity index (χ2n) is 10.7. The number of carbonyl (C=O) groups excluding carboxylic acids is 2. The molecule has 2 saturated heterocycles. The average molecular weight is 460 g/mol. The van der Waals surface area contributed by atoms with E-state index in [4.69, 9.17) is 0 Å². The van der Waals surface area contributed by atoms with Gasteiger partial charge in [0.25, 0.3) is 5.91 Å². The van der Waals surface area contributed by atoms with Crippen molar-refractivity contribution in [1.82, 2.24) is 15.1 Å². The van der Waals surface area contributed by atoms with E-state index in [-0.39, 0.29) is 30.0 Å². The minimum absolute atomic E-state index is 0.00731. The van der Waals surface area contributed by atoms with Crippen LogP contribution >= 0.6 is 0 Å². The van der Waals surface area contributed by atoms with Crippen LogP contribution in [0.2, 0.25) is 0 Å². The van der Waals surface area contributed by atoms with Crippen molar-refractivity contribution in [3.05, 3.63) is 70.8 Å². The second-order valence-corrected chi connectivity index (χ2v) is 10.7. The van der Waals surface area contributed by atoms with Crippen molar-refractivity contribution in [1.29, 1.82) is 0 Å². The van der Waals surface area contributed by atoms with E-state index in [1.807, 2.05) is 29.2 Å². The third kappa shape index (κ3) is 4.26. The first-order valence-corrected chi connectivity index (χ1v) is 13.0. The standard InChI is InChI=1S/C29H37N3O2/c1-19(2)18-32(20(3)21-8-5-4-6-9-21)28(33)23-11-12-24-22(16-23)13-15-31-27(24)17-26-25(29(31)34)10-7-14-30-26/h4-6,8-9,11-12,16,19-20,25-27,30H,7,10,13-15,17-18H2,1-3H3/t20-,25+,26+,27+/m1/s1. The lowest BCUT2D eigenvalue weighted by atomic mass is 9.77. The molecule has 2 aromatic rings. The highest BCUT2D eigenvalue weighted by Crippen LogP contribution is 2.41. The fraction of sp³-hybridized carbons (Fsp3) is 0.517. The van der Waals surface area contributed by atoms with Gasteiger partial charge < -0.3 is 15.1 Å². The van der Waals surface area contributed by atoms with Crippen molar-refractivity contribution in [2.75, 3.05) is 19.6 Å². The fourth-order valence-corrected chi connectivity index (χ4v) is 6.20. The number of nitrogens with zero attached hydrogens (tertiary/aromatic N) is 2. The van der Waals surface area contributed by atoms with Crippen molar-refractivity contribution in [3.8, 4) is 0 Å². The summed E-state index contributed by atoms with van der Waals surface area (Å²) in [6, 6.07) is 16.9. The molecule has 0 saturated carbocycles. The summed E-state index contributed by atoms with van der Waals surface area (Å²) in [5, 5.41) is 3.60.